The van der Waals surface area contributed by atoms with Gasteiger partial charge in [0.05, 0.1) is 12.4 Å². The number of hydrogen-bond donors (Lipinski definition) is 2. The second kappa shape index (κ2) is 10.7. The van der Waals surface area contributed by atoms with Crippen LogP contribution in [0.5, 0.6) is 0 Å². The third-order valence-electron chi connectivity index (χ3n) is 2.81. The van der Waals surface area contributed by atoms with Gasteiger partial charge < -0.3 is 15.4 Å². The smallest absolute Gasteiger partial charge is 0.230 e. The molecule has 0 aromatic heterocycles. The molecule has 0 saturated heterocycles. The Morgan fingerprint density at radius 3 is 2.62 bits per heavy atom. The quantitative estimate of drug-likeness (QED) is 0.514. The fraction of sp³-hybridized carbons (Fsp3) is 0.562. The first-order valence-corrected chi connectivity index (χ1v) is 8.28. The van der Waals surface area contributed by atoms with E-state index in [-0.39, 0.29) is 5.91 Å². The van der Waals surface area contributed by atoms with Crippen molar-refractivity contribution in [3.05, 3.63) is 29.8 Å². The summed E-state index contributed by atoms with van der Waals surface area (Å²) >= 11 is 1.57. The summed E-state index contributed by atoms with van der Waals surface area (Å²) in [6, 6.07) is 8.31. The minimum atomic E-state index is 0.0963. The predicted octanol–water partition coefficient (Wildman–Crippen LogP) is 2.29. The molecule has 1 aromatic rings. The molecule has 0 fully saturated rings. The van der Waals surface area contributed by atoms with Gasteiger partial charge in [-0.3, -0.25) is 4.79 Å². The number of nitrogens with one attached hydrogen (secondary N) is 2. The van der Waals surface area contributed by atoms with E-state index in [9.17, 15) is 4.79 Å². The monoisotopic (exact) mass is 310 g/mol. The summed E-state index contributed by atoms with van der Waals surface area (Å²) in [4.78, 5) is 12.8. The van der Waals surface area contributed by atoms with E-state index in [1.807, 2.05) is 0 Å². The minimum Gasteiger partial charge on any atom is -0.383 e. The normalized spacial score (nSPS) is 10.9. The molecular weight excluding hydrogens is 284 g/mol. The summed E-state index contributed by atoms with van der Waals surface area (Å²) in [6.45, 7) is 7.33. The van der Waals surface area contributed by atoms with Crippen molar-refractivity contribution in [2.24, 2.45) is 5.92 Å². The SMILES string of the molecule is COCCNCc1ccc(SCC(=O)NCC(C)C)cc1. The lowest BCUT2D eigenvalue weighted by atomic mass is 10.2. The van der Waals surface area contributed by atoms with Crippen LogP contribution < -0.4 is 10.6 Å². The van der Waals surface area contributed by atoms with E-state index in [1.54, 1.807) is 18.9 Å². The molecule has 2 N–H and O–H groups in total. The van der Waals surface area contributed by atoms with Crippen LogP contribution >= 0.6 is 11.8 Å². The minimum absolute atomic E-state index is 0.0963. The summed E-state index contributed by atoms with van der Waals surface area (Å²) in [5.41, 5.74) is 1.24. The van der Waals surface area contributed by atoms with Crippen LogP contribution in [0.15, 0.2) is 29.2 Å². The lowest BCUT2D eigenvalue weighted by Gasteiger charge is -2.08. The van der Waals surface area contributed by atoms with Gasteiger partial charge in [-0.1, -0.05) is 26.0 Å². The van der Waals surface area contributed by atoms with Crippen molar-refractivity contribution in [2.75, 3.05) is 32.6 Å². The maximum atomic E-state index is 11.6. The number of carbonyl (C=O) groups excluding carboxylic acids is 1. The zero-order valence-electron chi connectivity index (χ0n) is 13.1. The molecule has 0 unspecified atom stereocenters. The molecule has 0 radical (unpaired) electrons. The summed E-state index contributed by atoms with van der Waals surface area (Å²) < 4.78 is 4.98. The first-order valence-electron chi connectivity index (χ1n) is 7.30. The van der Waals surface area contributed by atoms with E-state index in [0.29, 0.717) is 11.7 Å². The van der Waals surface area contributed by atoms with Gasteiger partial charge in [-0.05, 0) is 23.6 Å². The highest BCUT2D eigenvalue weighted by Crippen LogP contribution is 2.18. The molecular formula is C16H26N2O2S. The fourth-order valence-electron chi connectivity index (χ4n) is 1.63. The molecule has 21 heavy (non-hydrogen) atoms. The number of methoxy groups -OCH3 is 1. The van der Waals surface area contributed by atoms with E-state index in [1.165, 1.54) is 5.56 Å². The first-order chi connectivity index (χ1) is 10.1. The number of rotatable bonds is 10. The van der Waals surface area contributed by atoms with Gasteiger partial charge in [-0.15, -0.1) is 11.8 Å². The molecule has 0 heterocycles. The number of benzene rings is 1. The van der Waals surface area contributed by atoms with E-state index < -0.39 is 0 Å². The predicted molar refractivity (Wildman–Crippen MR) is 88.6 cm³/mol. The summed E-state index contributed by atoms with van der Waals surface area (Å²) in [7, 11) is 1.70. The zero-order chi connectivity index (χ0) is 15.5. The highest BCUT2D eigenvalue weighted by molar-refractivity contribution is 8.00. The van der Waals surface area contributed by atoms with E-state index in [4.69, 9.17) is 4.74 Å². The second-order valence-electron chi connectivity index (χ2n) is 5.30. The average molecular weight is 310 g/mol. The molecule has 0 aliphatic rings. The largest absolute Gasteiger partial charge is 0.383 e. The van der Waals surface area contributed by atoms with Crippen LogP contribution in [0.1, 0.15) is 19.4 Å². The maximum absolute atomic E-state index is 11.6. The van der Waals surface area contributed by atoms with E-state index in [0.717, 1.165) is 31.1 Å². The molecule has 0 aliphatic carbocycles. The van der Waals surface area contributed by atoms with Crippen LogP contribution in [0.2, 0.25) is 0 Å². The summed E-state index contributed by atoms with van der Waals surface area (Å²) in [6.07, 6.45) is 0. The number of carbonyl (C=O) groups is 1. The van der Waals surface area contributed by atoms with Crippen LogP contribution in [0, 0.1) is 5.92 Å². The molecule has 1 aromatic carbocycles. The Morgan fingerprint density at radius 1 is 1.29 bits per heavy atom. The Balaban J connectivity index is 2.25. The zero-order valence-corrected chi connectivity index (χ0v) is 14.0. The van der Waals surface area contributed by atoms with Crippen molar-refractivity contribution in [3.8, 4) is 0 Å². The van der Waals surface area contributed by atoms with Gasteiger partial charge in [-0.2, -0.15) is 0 Å². The first kappa shape index (κ1) is 18.0. The number of ether oxygens (including phenoxy) is 1. The molecule has 0 bridgehead atoms. The lowest BCUT2D eigenvalue weighted by molar-refractivity contribution is -0.118. The number of amides is 1. The van der Waals surface area contributed by atoms with Crippen molar-refractivity contribution in [1.82, 2.24) is 10.6 Å². The number of thioether (sulfide) groups is 1. The van der Waals surface area contributed by atoms with Crippen molar-refractivity contribution < 1.29 is 9.53 Å². The standard InChI is InChI=1S/C16H26N2O2S/c1-13(2)10-18-16(19)12-21-15-6-4-14(5-7-15)11-17-8-9-20-3/h4-7,13,17H,8-12H2,1-3H3,(H,18,19). The Morgan fingerprint density at radius 2 is 2.00 bits per heavy atom. The van der Waals surface area contributed by atoms with Gasteiger partial charge in [0.2, 0.25) is 5.91 Å². The Bertz CT molecular complexity index is 407. The third-order valence-corrected chi connectivity index (χ3v) is 3.82. The summed E-state index contributed by atoms with van der Waals surface area (Å²) in [5.74, 6) is 1.06. The molecule has 0 atom stereocenters. The molecule has 5 heteroatoms. The van der Waals surface area contributed by atoms with Crippen LogP contribution in [0.4, 0.5) is 0 Å². The van der Waals surface area contributed by atoms with Crippen LogP contribution in [-0.2, 0) is 16.1 Å². The average Bonchev–Trinajstić information content (AvgIpc) is 2.48. The van der Waals surface area contributed by atoms with E-state index >= 15 is 0 Å². The Hall–Kier alpha value is -1.04. The van der Waals surface area contributed by atoms with Gasteiger partial charge in [0.1, 0.15) is 0 Å². The molecule has 1 rings (SSSR count). The lowest BCUT2D eigenvalue weighted by Crippen LogP contribution is -2.28. The van der Waals surface area contributed by atoms with Gasteiger partial charge in [-0.25, -0.2) is 0 Å². The Kier molecular flexibility index (Phi) is 9.14. The van der Waals surface area contributed by atoms with E-state index in [2.05, 4.69) is 48.7 Å². The highest BCUT2D eigenvalue weighted by Gasteiger charge is 2.03. The van der Waals surface area contributed by atoms with Crippen molar-refractivity contribution in [1.29, 1.82) is 0 Å². The molecule has 0 saturated carbocycles. The summed E-state index contributed by atoms with van der Waals surface area (Å²) in [5, 5.41) is 6.23. The molecule has 0 aliphatic heterocycles. The van der Waals surface area contributed by atoms with Crippen molar-refractivity contribution >= 4 is 17.7 Å². The maximum Gasteiger partial charge on any atom is 0.230 e. The van der Waals surface area contributed by atoms with Crippen molar-refractivity contribution in [3.63, 3.8) is 0 Å². The van der Waals surface area contributed by atoms with Crippen LogP contribution in [0.3, 0.4) is 0 Å². The fourth-order valence-corrected chi connectivity index (χ4v) is 2.36. The van der Waals surface area contributed by atoms with Gasteiger partial charge >= 0.3 is 0 Å². The van der Waals surface area contributed by atoms with Crippen LogP contribution in [-0.4, -0.2) is 38.5 Å². The second-order valence-corrected chi connectivity index (χ2v) is 6.35. The number of hydrogen-bond acceptors (Lipinski definition) is 4. The Labute approximate surface area is 132 Å². The molecule has 4 nitrogen and oxygen atoms in total. The van der Waals surface area contributed by atoms with Crippen LogP contribution in [0.25, 0.3) is 0 Å². The highest BCUT2D eigenvalue weighted by atomic mass is 32.2. The topological polar surface area (TPSA) is 50.4 Å². The third kappa shape index (κ3) is 8.75. The van der Waals surface area contributed by atoms with Crippen molar-refractivity contribution in [2.45, 2.75) is 25.3 Å². The molecule has 118 valence electrons. The molecule has 0 spiro atoms. The van der Waals surface area contributed by atoms with Gasteiger partial charge in [0.15, 0.2) is 0 Å². The van der Waals surface area contributed by atoms with Gasteiger partial charge in [0, 0.05) is 31.6 Å². The molecule has 1 amide bonds. The van der Waals surface area contributed by atoms with Gasteiger partial charge in [0.25, 0.3) is 0 Å².